The number of hydrogen-bond acceptors (Lipinski definition) is 3. The zero-order valence-corrected chi connectivity index (χ0v) is 7.78. The molecule has 0 spiro atoms. The fraction of sp³-hybridized carbons (Fsp3) is 0.300. The van der Waals surface area contributed by atoms with E-state index in [4.69, 9.17) is 9.59 Å². The Kier molecular flexibility index (Phi) is 6.20. The highest BCUT2D eigenvalue weighted by atomic mass is 16.2. The maximum Gasteiger partial charge on any atom is 0.373 e. The molecule has 0 radical (unpaired) electrons. The summed E-state index contributed by atoms with van der Waals surface area (Å²) in [7, 11) is 0. The molecule has 0 aliphatic rings. The first-order valence-electron chi connectivity index (χ1n) is 4.01. The average molecular weight is 179 g/mol. The Morgan fingerprint density at radius 2 is 1.62 bits per heavy atom. The van der Waals surface area contributed by atoms with E-state index in [9.17, 15) is 0 Å². The lowest BCUT2D eigenvalue weighted by atomic mass is 10.3. The molecule has 3 heteroatoms. The van der Waals surface area contributed by atoms with Crippen molar-refractivity contribution in [1.29, 1.82) is 0 Å². The summed E-state index contributed by atoms with van der Waals surface area (Å²) in [5.74, 6) is 0. The van der Waals surface area contributed by atoms with Crippen LogP contribution in [0.1, 0.15) is 13.8 Å². The minimum Gasteiger partial charge on any atom is -0.383 e. The molecule has 0 aliphatic carbocycles. The quantitative estimate of drug-likeness (QED) is 0.754. The number of anilines is 1. The molecule has 0 amide bonds. The monoisotopic (exact) mass is 179 g/mol. The third-order valence-corrected chi connectivity index (χ3v) is 1.23. The van der Waals surface area contributed by atoms with Gasteiger partial charge in [0.15, 0.2) is 0 Å². The molecule has 1 rings (SSSR count). The topological polar surface area (TPSA) is 46.2 Å². The van der Waals surface area contributed by atoms with E-state index in [1.54, 1.807) is 0 Å². The van der Waals surface area contributed by atoms with Crippen molar-refractivity contribution < 1.29 is 9.59 Å². The summed E-state index contributed by atoms with van der Waals surface area (Å²) in [6.45, 7) is 4.26. The van der Waals surface area contributed by atoms with Gasteiger partial charge in [0.2, 0.25) is 0 Å². The first-order chi connectivity index (χ1) is 6.20. The van der Waals surface area contributed by atoms with Crippen molar-refractivity contribution >= 4 is 11.8 Å². The molecule has 3 nitrogen and oxygen atoms in total. The van der Waals surface area contributed by atoms with Crippen LogP contribution in [0.2, 0.25) is 0 Å². The largest absolute Gasteiger partial charge is 0.383 e. The molecule has 0 heterocycles. The molecule has 0 bridgehead atoms. The normalized spacial score (nSPS) is 8.23. The van der Waals surface area contributed by atoms with Crippen LogP contribution in [-0.2, 0) is 9.59 Å². The zero-order valence-electron chi connectivity index (χ0n) is 7.78. The van der Waals surface area contributed by atoms with Crippen molar-refractivity contribution in [2.24, 2.45) is 0 Å². The molecular formula is C10H13NO2. The van der Waals surface area contributed by atoms with E-state index in [0.717, 1.165) is 0 Å². The van der Waals surface area contributed by atoms with Crippen LogP contribution in [0.25, 0.3) is 0 Å². The number of nitrogens with one attached hydrogen (secondary N) is 1. The van der Waals surface area contributed by atoms with Crippen molar-refractivity contribution in [2.45, 2.75) is 19.9 Å². The molecule has 0 aromatic heterocycles. The van der Waals surface area contributed by atoms with Gasteiger partial charge in [0.1, 0.15) is 0 Å². The van der Waals surface area contributed by atoms with Gasteiger partial charge in [-0.15, -0.1) is 0 Å². The Morgan fingerprint density at radius 1 is 1.15 bits per heavy atom. The van der Waals surface area contributed by atoms with Crippen molar-refractivity contribution in [1.82, 2.24) is 0 Å². The van der Waals surface area contributed by atoms with E-state index >= 15 is 0 Å². The Balaban J connectivity index is 0.000000424. The molecule has 0 aliphatic heterocycles. The van der Waals surface area contributed by atoms with Gasteiger partial charge in [0, 0.05) is 11.7 Å². The lowest BCUT2D eigenvalue weighted by Crippen LogP contribution is -2.08. The second-order valence-corrected chi connectivity index (χ2v) is 2.75. The standard InChI is InChI=1S/C9H13N.CO2/c1-8(2)10-9-6-4-3-5-7-9;2-1-3/h3-8,10H,1-2H3;. The van der Waals surface area contributed by atoms with Gasteiger partial charge < -0.3 is 5.32 Å². The molecule has 0 atom stereocenters. The van der Waals surface area contributed by atoms with Gasteiger partial charge in [-0.05, 0) is 26.0 Å². The predicted octanol–water partition coefficient (Wildman–Crippen LogP) is 1.92. The Labute approximate surface area is 77.8 Å². The van der Waals surface area contributed by atoms with Gasteiger partial charge in [0.25, 0.3) is 0 Å². The third-order valence-electron chi connectivity index (χ3n) is 1.23. The maximum absolute atomic E-state index is 8.12. The maximum atomic E-state index is 8.12. The molecule has 0 saturated carbocycles. The van der Waals surface area contributed by atoms with E-state index in [1.165, 1.54) is 5.69 Å². The van der Waals surface area contributed by atoms with Gasteiger partial charge in [-0.3, -0.25) is 0 Å². The SMILES string of the molecule is CC(C)Nc1ccccc1.O=C=O. The number of para-hydroxylation sites is 1. The van der Waals surface area contributed by atoms with E-state index in [2.05, 4.69) is 31.3 Å². The van der Waals surface area contributed by atoms with Crippen LogP contribution in [0, 0.1) is 0 Å². The van der Waals surface area contributed by atoms with Crippen LogP contribution in [0.15, 0.2) is 30.3 Å². The van der Waals surface area contributed by atoms with Crippen molar-refractivity contribution in [3.63, 3.8) is 0 Å². The molecule has 13 heavy (non-hydrogen) atoms. The smallest absolute Gasteiger partial charge is 0.373 e. The molecule has 0 unspecified atom stereocenters. The number of carbonyl (C=O) groups excluding carboxylic acids is 2. The van der Waals surface area contributed by atoms with Gasteiger partial charge >= 0.3 is 6.15 Å². The van der Waals surface area contributed by atoms with Crippen LogP contribution in [0.3, 0.4) is 0 Å². The Bertz CT molecular complexity index is 251. The van der Waals surface area contributed by atoms with Crippen molar-refractivity contribution in [3.05, 3.63) is 30.3 Å². The highest BCUT2D eigenvalue weighted by molar-refractivity contribution is 5.42. The first kappa shape index (κ1) is 11.4. The van der Waals surface area contributed by atoms with Crippen LogP contribution in [0.5, 0.6) is 0 Å². The van der Waals surface area contributed by atoms with Crippen LogP contribution < -0.4 is 5.32 Å². The lowest BCUT2D eigenvalue weighted by molar-refractivity contribution is -0.191. The molecule has 1 aromatic carbocycles. The molecule has 70 valence electrons. The number of benzene rings is 1. The minimum absolute atomic E-state index is 0.250. The Hall–Kier alpha value is -1.60. The summed E-state index contributed by atoms with van der Waals surface area (Å²) in [6.07, 6.45) is 0.250. The summed E-state index contributed by atoms with van der Waals surface area (Å²) in [5.41, 5.74) is 1.19. The summed E-state index contributed by atoms with van der Waals surface area (Å²) in [6, 6.07) is 10.7. The fourth-order valence-electron chi connectivity index (χ4n) is 0.868. The van der Waals surface area contributed by atoms with Gasteiger partial charge in [-0.25, -0.2) is 0 Å². The molecule has 0 saturated heterocycles. The fourth-order valence-corrected chi connectivity index (χ4v) is 0.868. The number of rotatable bonds is 2. The molecule has 1 N–H and O–H groups in total. The third kappa shape index (κ3) is 6.78. The summed E-state index contributed by atoms with van der Waals surface area (Å²) < 4.78 is 0. The Morgan fingerprint density at radius 3 is 2.00 bits per heavy atom. The van der Waals surface area contributed by atoms with E-state index in [1.807, 2.05) is 18.2 Å². The highest BCUT2D eigenvalue weighted by Gasteiger charge is 1.90. The highest BCUT2D eigenvalue weighted by Crippen LogP contribution is 2.05. The summed E-state index contributed by atoms with van der Waals surface area (Å²) >= 11 is 0. The van der Waals surface area contributed by atoms with Crippen LogP contribution >= 0.6 is 0 Å². The zero-order chi connectivity index (χ0) is 10.1. The molecular weight excluding hydrogens is 166 g/mol. The first-order valence-corrected chi connectivity index (χ1v) is 4.01. The van der Waals surface area contributed by atoms with Gasteiger partial charge in [-0.1, -0.05) is 18.2 Å². The average Bonchev–Trinajstić information content (AvgIpc) is 2.06. The number of hydrogen-bond donors (Lipinski definition) is 1. The lowest BCUT2D eigenvalue weighted by Gasteiger charge is -2.08. The van der Waals surface area contributed by atoms with Crippen LogP contribution in [-0.4, -0.2) is 12.2 Å². The second-order valence-electron chi connectivity index (χ2n) is 2.75. The molecule has 0 fully saturated rings. The summed E-state index contributed by atoms with van der Waals surface area (Å²) in [4.78, 5) is 16.2. The summed E-state index contributed by atoms with van der Waals surface area (Å²) in [5, 5.41) is 3.30. The second kappa shape index (κ2) is 7.07. The minimum atomic E-state index is 0.250. The predicted molar refractivity (Wildman–Crippen MR) is 50.2 cm³/mol. The van der Waals surface area contributed by atoms with E-state index in [-0.39, 0.29) is 6.15 Å². The van der Waals surface area contributed by atoms with Crippen molar-refractivity contribution in [2.75, 3.05) is 5.32 Å². The van der Waals surface area contributed by atoms with E-state index < -0.39 is 0 Å². The van der Waals surface area contributed by atoms with Crippen molar-refractivity contribution in [3.8, 4) is 0 Å². The van der Waals surface area contributed by atoms with Gasteiger partial charge in [0.05, 0.1) is 0 Å². The molecule has 1 aromatic rings. The van der Waals surface area contributed by atoms with Crippen LogP contribution in [0.4, 0.5) is 5.69 Å². The van der Waals surface area contributed by atoms with E-state index in [0.29, 0.717) is 6.04 Å². The van der Waals surface area contributed by atoms with Gasteiger partial charge in [-0.2, -0.15) is 9.59 Å².